The minimum Gasteiger partial charge on any atom is -0.394 e. The molecule has 0 saturated carbocycles. The van der Waals surface area contributed by atoms with Gasteiger partial charge in [-0.2, -0.15) is 0 Å². The zero-order chi connectivity index (χ0) is 102. The average molecular weight is 1970 g/mol. The maximum absolute atomic E-state index is 15.5. The zero-order valence-electron chi connectivity index (χ0n) is 80.3. The molecule has 2 aromatic carbocycles. The molecule has 0 aliphatic carbocycles. The minimum atomic E-state index is -1.77. The first-order chi connectivity index (χ1) is 68.0. The molecule has 772 valence electrons. The lowest BCUT2D eigenvalue weighted by Crippen LogP contribution is -2.61. The molecule has 2 saturated heterocycles. The highest BCUT2D eigenvalue weighted by molar-refractivity contribution is 6.01. The number of carbonyl (C=O) groups excluding carboxylic acids is 16. The fourth-order valence-corrected chi connectivity index (χ4v) is 16.3. The van der Waals surface area contributed by atoms with Gasteiger partial charge in [-0.15, -0.1) is 5.10 Å². The molecule has 12 atom stereocenters. The first-order valence-corrected chi connectivity index (χ1v) is 48.8. The lowest BCUT2D eigenvalue weighted by molar-refractivity contribution is -0.143. The number of amides is 15. The topological polar surface area (TPSA) is 707 Å². The number of imidazole rings is 2. The quantitative estimate of drug-likeness (QED) is 0.0118. The number of nitrogens with zero attached hydrogens (tertiary/aromatic N) is 6. The Labute approximate surface area is 817 Å². The van der Waals surface area contributed by atoms with E-state index < -0.39 is 226 Å². The van der Waals surface area contributed by atoms with E-state index in [0.29, 0.717) is 24.0 Å². The van der Waals surface area contributed by atoms with Gasteiger partial charge in [0.15, 0.2) is 11.7 Å². The molecule has 15 amide bonds. The second-order valence-corrected chi connectivity index (χ2v) is 35.4. The number of aliphatic hydroxyl groups excluding tert-OH is 2. The molecule has 47 nitrogen and oxygen atoms in total. The van der Waals surface area contributed by atoms with Crippen molar-refractivity contribution in [2.24, 2.45) is 11.5 Å². The number of benzene rings is 2. The van der Waals surface area contributed by atoms with Crippen LogP contribution in [0, 0.1) is 5.41 Å². The predicted octanol–water partition coefficient (Wildman–Crippen LogP) is -1.44. The van der Waals surface area contributed by atoms with Crippen LogP contribution in [-0.2, 0) is 118 Å². The average Bonchev–Trinajstić information content (AvgIpc) is 1.68. The number of unbranched alkanes of at least 4 members (excludes halogenated alkanes) is 13. The number of nitrogens with two attached hydrogens (primary N) is 2. The smallest absolute Gasteiger partial charge is 0.246 e. The Bertz CT molecular complexity index is 4950. The summed E-state index contributed by atoms with van der Waals surface area (Å²) < 4.78 is 10.9. The normalized spacial score (nSPS) is 18.5. The Morgan fingerprint density at radius 3 is 1.81 bits per heavy atom. The number of para-hydroxylation sites is 1. The molecule has 2 fully saturated rings. The molecule has 2 aliphatic rings. The third-order valence-electron chi connectivity index (χ3n) is 24.1. The predicted molar refractivity (Wildman–Crippen MR) is 513 cm³/mol. The van der Waals surface area contributed by atoms with Gasteiger partial charge in [-0.25, -0.2) is 15.1 Å². The lowest BCUT2D eigenvalue weighted by Gasteiger charge is -2.31. The summed E-state index contributed by atoms with van der Waals surface area (Å²) in [5.41, 5.74) is 13.4. The third-order valence-corrected chi connectivity index (χ3v) is 24.1. The van der Waals surface area contributed by atoms with Crippen molar-refractivity contribution in [2.45, 2.75) is 292 Å². The number of tetrazole rings is 1. The largest absolute Gasteiger partial charge is 0.394 e. The van der Waals surface area contributed by atoms with Crippen molar-refractivity contribution in [1.29, 1.82) is 5.41 Å². The van der Waals surface area contributed by atoms with Crippen LogP contribution in [0.5, 0.6) is 0 Å². The molecular formula is C94H141N27O20. The van der Waals surface area contributed by atoms with E-state index in [4.69, 9.17) is 26.4 Å². The Morgan fingerprint density at radius 2 is 1.18 bits per heavy atom. The van der Waals surface area contributed by atoms with Crippen LogP contribution >= 0.6 is 0 Å². The Morgan fingerprint density at radius 1 is 0.582 bits per heavy atom. The Kier molecular flexibility index (Phi) is 49.8. The van der Waals surface area contributed by atoms with E-state index in [1.54, 1.807) is 49.5 Å². The molecule has 0 spiro atoms. The highest BCUT2D eigenvalue weighted by Crippen LogP contribution is 2.25. The number of fused-ring (bicyclic) bond motifs is 2. The molecule has 141 heavy (non-hydrogen) atoms. The fourth-order valence-electron chi connectivity index (χ4n) is 16.3. The van der Waals surface area contributed by atoms with Crippen molar-refractivity contribution >= 4 is 111 Å². The summed E-state index contributed by atoms with van der Waals surface area (Å²) in [6.45, 7) is 0.983. The van der Waals surface area contributed by atoms with E-state index in [2.05, 4.69) is 120 Å². The molecule has 0 bridgehead atoms. The van der Waals surface area contributed by atoms with Crippen molar-refractivity contribution in [2.75, 3.05) is 65.8 Å². The van der Waals surface area contributed by atoms with Gasteiger partial charge in [-0.1, -0.05) is 139 Å². The molecule has 6 heterocycles. The summed E-state index contributed by atoms with van der Waals surface area (Å²) in [5.74, 6) is -13.0. The molecule has 2 aliphatic heterocycles. The van der Waals surface area contributed by atoms with Crippen molar-refractivity contribution in [3.05, 3.63) is 114 Å². The van der Waals surface area contributed by atoms with Crippen LogP contribution in [0.15, 0.2) is 85.8 Å². The van der Waals surface area contributed by atoms with E-state index in [9.17, 15) is 63.0 Å². The van der Waals surface area contributed by atoms with Gasteiger partial charge in [0.2, 0.25) is 88.6 Å². The van der Waals surface area contributed by atoms with Gasteiger partial charge in [-0.05, 0) is 98.8 Å². The molecule has 0 radical (unpaired) electrons. The van der Waals surface area contributed by atoms with Crippen LogP contribution < -0.4 is 85.9 Å². The van der Waals surface area contributed by atoms with Gasteiger partial charge in [0.25, 0.3) is 0 Å². The summed E-state index contributed by atoms with van der Waals surface area (Å²) >= 11 is 0. The monoisotopic (exact) mass is 1970 g/mol. The summed E-state index contributed by atoms with van der Waals surface area (Å²) in [7, 11) is 0. The Balaban J connectivity index is 0.888. The van der Waals surface area contributed by atoms with E-state index in [1.807, 2.05) is 18.2 Å². The number of aliphatic hydroxyl groups is 2. The van der Waals surface area contributed by atoms with Gasteiger partial charge in [0.05, 0.1) is 69.2 Å². The number of rotatable bonds is 57. The number of guanidine groups is 1. The number of aromatic amines is 4. The van der Waals surface area contributed by atoms with Gasteiger partial charge in [0.1, 0.15) is 72.8 Å². The number of aryl methyl sites for hydroxylation is 1. The lowest BCUT2D eigenvalue weighted by atomic mass is 10.0. The van der Waals surface area contributed by atoms with Crippen LogP contribution in [0.1, 0.15) is 216 Å². The van der Waals surface area contributed by atoms with Crippen LogP contribution in [0.3, 0.4) is 0 Å². The Hall–Kier alpha value is -13.7. The van der Waals surface area contributed by atoms with Gasteiger partial charge in [0, 0.05) is 113 Å². The van der Waals surface area contributed by atoms with E-state index in [1.165, 1.54) is 83.3 Å². The van der Waals surface area contributed by atoms with E-state index in [-0.39, 0.29) is 127 Å². The van der Waals surface area contributed by atoms with Crippen LogP contribution in [0.25, 0.3) is 10.9 Å². The summed E-state index contributed by atoms with van der Waals surface area (Å²) in [6.07, 6.45) is 19.7. The number of hydrogen-bond acceptors (Lipinski definition) is 26. The number of ether oxygens (including phenoxy) is 2. The maximum atomic E-state index is 15.5. The van der Waals surface area contributed by atoms with Crippen molar-refractivity contribution < 1.29 is 96.4 Å². The van der Waals surface area contributed by atoms with E-state index >= 15 is 24.0 Å². The number of carbonyl (C=O) groups is 16. The number of aromatic nitrogens is 9. The van der Waals surface area contributed by atoms with Crippen molar-refractivity contribution in [3.8, 4) is 0 Å². The number of H-pyrrole nitrogens is 4. The second-order valence-electron chi connectivity index (χ2n) is 35.4. The first kappa shape index (κ1) is 113. The van der Waals surface area contributed by atoms with Crippen LogP contribution in [0.4, 0.5) is 0 Å². The number of ketones is 1. The summed E-state index contributed by atoms with van der Waals surface area (Å²) in [4.78, 5) is 245. The summed E-state index contributed by atoms with van der Waals surface area (Å²) in [6, 6.07) is -1.30. The molecule has 6 aromatic rings. The number of hydrogen-bond donors (Lipinski definition) is 23. The van der Waals surface area contributed by atoms with E-state index in [0.717, 1.165) is 60.2 Å². The van der Waals surface area contributed by atoms with Gasteiger partial charge >= 0.3 is 0 Å². The third kappa shape index (κ3) is 41.7. The van der Waals surface area contributed by atoms with Gasteiger partial charge < -0.3 is 125 Å². The summed E-state index contributed by atoms with van der Waals surface area (Å²) in [5, 5.41) is 81.3. The van der Waals surface area contributed by atoms with Crippen LogP contribution in [-0.4, -0.2) is 299 Å². The first-order valence-electron chi connectivity index (χ1n) is 48.8. The molecular weight excluding hydrogens is 1830 g/mol. The molecule has 0 unspecified atom stereocenters. The number of Topliss-reactive ketones (excluding diaryl/α,β-unsaturated/α-hetero) is 1. The molecule has 47 heteroatoms. The van der Waals surface area contributed by atoms with Crippen LogP contribution in [0.2, 0.25) is 0 Å². The maximum Gasteiger partial charge on any atom is 0.246 e. The SMILES string of the molecule is CCCC[C@H](NC(=O)[C@H](Cc1c[nH]cn1)NC(=O)[C@H](Cc1c[nH]cn1)NC(=O)[C@H](CCC(N)=O)NC(=O)[C@H](CO)NC(=O)CNC(=O)COCCOCCNC(=O)CCCCCCCCCCCCCCCc1nnn[nH]1)C(=O)N[C@H]1CCC(=O)NCCCC[C@@H](C(C)=O)NC(=O)[C@H](Cc2c[nH]c3ccccc23)NC(=O)[C@H](CCCNC(=N)N)NC(=O)[C@@H](Cc2ccccc2)NC(=O)[C@@H]2C[C@@H](O)CN2C1=O. The second kappa shape index (κ2) is 62.4. The van der Waals surface area contributed by atoms with Crippen molar-refractivity contribution in [1.82, 2.24) is 125 Å². The number of primary amides is 1. The van der Waals surface area contributed by atoms with Crippen molar-refractivity contribution in [3.63, 3.8) is 0 Å². The molecule has 4 aromatic heterocycles. The fraction of sp³-hybridized carbons (Fsp3) is 0.596. The standard InChI is InChI=1S/C94H141N27O20/c1-3-4-29-68(84(130)112-71-36-38-81(127)100-39-24-23-30-66(59(2)123)108-88(134)73(46-61-50-103-67-31-22-21-28-65(61)67)113-85(131)69(32-25-40-102-94(96)97)110-87(133)72(45-60-26-17-16-18-27-60)116-92(138)77-49-64(124)54-121(77)93(71)139)109-89(135)74(47-62-51-98-57-105-62)115-90(136)75(48-63-52-99-58-106-63)114-86(132)70(35-37-78(95)125)111-91(137)76(55-122)107-82(128)53-104-83(129)56-141-44-43-140-42-41-101-80(126)34-20-15-13-11-9-7-5-6-8-10-12-14-19-33-79-117-119-120-118-79/h16-18,21-22,26-28,31,50-52,57-58,64,66,68-77,103,122,124H,3-15,19-20,23-25,29-30,32-49,53-56H2,1-2H3,(H2,95,125)(H,98,105)(H,99,106)(H,100,127)(H,101,126)(H,104,129)(H,107,128)(H,108,134)(H,109,135)(H,110,133)(H,111,137)(H,112,130)(H,113,131)(H,114,132)(H,115,136)(H,116,138)(H4,96,97,102)(H,117,118,119,120)/t64-,66+,68+,69+,70+,71+,72-,73+,74+,75+,76+,77+/m1/s1. The minimum absolute atomic E-state index is 0.0118. The van der Waals surface area contributed by atoms with Gasteiger partial charge in [-0.3, -0.25) is 82.1 Å². The zero-order valence-corrected chi connectivity index (χ0v) is 80.3. The molecule has 25 N–H and O–H groups in total. The molecule has 8 rings (SSSR count). The number of nitrogens with one attached hydrogen (secondary N) is 19. The highest BCUT2D eigenvalue weighted by atomic mass is 16.5. The highest BCUT2D eigenvalue weighted by Gasteiger charge is 2.44.